The minimum atomic E-state index is 0.127. The highest BCUT2D eigenvalue weighted by atomic mass is 16.2. The fraction of sp³-hybridized carbons (Fsp3) is 0.700. The molecule has 1 nitrogen and oxygen atoms in total. The lowest BCUT2D eigenvalue weighted by Gasteiger charge is -2.53. The molecule has 4 atom stereocenters. The van der Waals surface area contributed by atoms with Gasteiger partial charge in [0.25, 0.3) is 0 Å². The molecule has 2 rings (SSSR count). The molecule has 118 valence electrons. The number of rotatable bonds is 4. The molecular formula is C20H32O. The van der Waals surface area contributed by atoms with Gasteiger partial charge in [-0.15, -0.1) is 0 Å². The minimum absolute atomic E-state index is 0.127. The summed E-state index contributed by atoms with van der Waals surface area (Å²) in [6.07, 6.45) is 13.2. The van der Waals surface area contributed by atoms with E-state index in [1.54, 1.807) is 0 Å². The van der Waals surface area contributed by atoms with Gasteiger partial charge in [-0.1, -0.05) is 56.2 Å². The van der Waals surface area contributed by atoms with Gasteiger partial charge in [-0.2, -0.15) is 0 Å². The minimum Gasteiger partial charge on any atom is -0.392 e. The molecule has 2 aliphatic carbocycles. The van der Waals surface area contributed by atoms with Crippen LogP contribution < -0.4 is 0 Å². The first-order valence-electron chi connectivity index (χ1n) is 8.49. The third-order valence-corrected chi connectivity index (χ3v) is 6.59. The molecule has 0 aromatic rings. The highest BCUT2D eigenvalue weighted by Crippen LogP contribution is 2.64. The van der Waals surface area contributed by atoms with Crippen LogP contribution >= 0.6 is 0 Å². The zero-order chi connectivity index (χ0) is 15.7. The fourth-order valence-electron chi connectivity index (χ4n) is 4.93. The summed E-state index contributed by atoms with van der Waals surface area (Å²) in [7, 11) is 0. The Morgan fingerprint density at radius 3 is 2.62 bits per heavy atom. The zero-order valence-corrected chi connectivity index (χ0v) is 14.3. The van der Waals surface area contributed by atoms with Crippen LogP contribution in [0.5, 0.6) is 0 Å². The van der Waals surface area contributed by atoms with Gasteiger partial charge in [0.1, 0.15) is 0 Å². The van der Waals surface area contributed by atoms with Crippen LogP contribution in [-0.2, 0) is 0 Å². The van der Waals surface area contributed by atoms with Gasteiger partial charge in [-0.3, -0.25) is 0 Å². The summed E-state index contributed by atoms with van der Waals surface area (Å²) in [4.78, 5) is 0. The lowest BCUT2D eigenvalue weighted by atomic mass is 9.51. The normalized spacial score (nSPS) is 40.5. The van der Waals surface area contributed by atoms with E-state index in [1.165, 1.54) is 37.7 Å². The van der Waals surface area contributed by atoms with E-state index < -0.39 is 0 Å². The highest BCUT2D eigenvalue weighted by molar-refractivity contribution is 5.25. The van der Waals surface area contributed by atoms with E-state index in [1.807, 2.05) is 6.08 Å². The molecule has 1 N–H and O–H groups in total. The fourth-order valence-corrected chi connectivity index (χ4v) is 4.93. The van der Waals surface area contributed by atoms with Crippen LogP contribution in [0.3, 0.4) is 0 Å². The summed E-state index contributed by atoms with van der Waals surface area (Å²) in [5, 5.41) is 9.03. The number of hydrogen-bond acceptors (Lipinski definition) is 1. The van der Waals surface area contributed by atoms with Gasteiger partial charge in [-0.05, 0) is 62.2 Å². The number of aliphatic hydroxyl groups excluding tert-OH is 1. The molecule has 21 heavy (non-hydrogen) atoms. The van der Waals surface area contributed by atoms with Gasteiger partial charge in [0.05, 0.1) is 6.61 Å². The van der Waals surface area contributed by atoms with Crippen molar-refractivity contribution in [3.8, 4) is 0 Å². The standard InChI is InChI=1S/C20H32O/c1-15(2)20-11-6-7-18(20)19(5,17(4)9-13-20)12-8-16(3)10-14-21/h8,10,12,17-18,21H,1,6-7,9,11,13-14H2,2-5H3. The molecule has 1 heteroatoms. The van der Waals surface area contributed by atoms with E-state index >= 15 is 0 Å². The number of allylic oxidation sites excluding steroid dienone is 4. The molecule has 0 bridgehead atoms. The molecule has 0 saturated heterocycles. The molecule has 0 aromatic heterocycles. The Morgan fingerprint density at radius 1 is 1.29 bits per heavy atom. The summed E-state index contributed by atoms with van der Waals surface area (Å²) in [5.41, 5.74) is 3.19. The number of fused-ring (bicyclic) bond motifs is 1. The molecule has 0 aromatic carbocycles. The summed E-state index contributed by atoms with van der Waals surface area (Å²) >= 11 is 0. The second-order valence-corrected chi connectivity index (χ2v) is 7.65. The highest BCUT2D eigenvalue weighted by Gasteiger charge is 2.55. The van der Waals surface area contributed by atoms with Crippen LogP contribution in [0.4, 0.5) is 0 Å². The third kappa shape index (κ3) is 2.77. The van der Waals surface area contributed by atoms with Gasteiger partial charge in [0.15, 0.2) is 0 Å². The lowest BCUT2D eigenvalue weighted by molar-refractivity contribution is 0.0165. The van der Waals surface area contributed by atoms with E-state index in [4.69, 9.17) is 5.11 Å². The van der Waals surface area contributed by atoms with Crippen molar-refractivity contribution in [2.24, 2.45) is 22.7 Å². The van der Waals surface area contributed by atoms with Crippen molar-refractivity contribution >= 4 is 0 Å². The van der Waals surface area contributed by atoms with Crippen molar-refractivity contribution in [3.63, 3.8) is 0 Å². The monoisotopic (exact) mass is 288 g/mol. The molecule has 0 spiro atoms. The smallest absolute Gasteiger partial charge is 0.0617 e. The SMILES string of the molecule is C=C(C)C12CCCC1C(C)(C=CC(C)=CCO)C(C)CC2. The second-order valence-electron chi connectivity index (χ2n) is 7.65. The van der Waals surface area contributed by atoms with Crippen molar-refractivity contribution in [1.82, 2.24) is 0 Å². The van der Waals surface area contributed by atoms with Gasteiger partial charge in [0, 0.05) is 0 Å². The Morgan fingerprint density at radius 2 is 2.00 bits per heavy atom. The quantitative estimate of drug-likeness (QED) is 0.551. The molecule has 2 fully saturated rings. The first-order chi connectivity index (χ1) is 9.86. The first kappa shape index (κ1) is 16.5. The molecule has 4 unspecified atom stereocenters. The molecule has 2 aliphatic rings. The summed E-state index contributed by atoms with van der Waals surface area (Å²) < 4.78 is 0. The molecule has 2 saturated carbocycles. The summed E-state index contributed by atoms with van der Waals surface area (Å²) in [6.45, 7) is 13.7. The van der Waals surface area contributed by atoms with Crippen molar-refractivity contribution in [1.29, 1.82) is 0 Å². The van der Waals surface area contributed by atoms with E-state index in [9.17, 15) is 0 Å². The topological polar surface area (TPSA) is 20.2 Å². The number of hydrogen-bond donors (Lipinski definition) is 1. The summed E-state index contributed by atoms with van der Waals surface area (Å²) in [6, 6.07) is 0. The maximum absolute atomic E-state index is 9.03. The Labute approximate surface area is 130 Å². The zero-order valence-electron chi connectivity index (χ0n) is 14.3. The van der Waals surface area contributed by atoms with Crippen LogP contribution in [0, 0.1) is 22.7 Å². The van der Waals surface area contributed by atoms with Crippen LogP contribution in [-0.4, -0.2) is 11.7 Å². The average molecular weight is 288 g/mol. The van der Waals surface area contributed by atoms with Crippen molar-refractivity contribution < 1.29 is 5.11 Å². The van der Waals surface area contributed by atoms with Crippen LogP contribution in [0.2, 0.25) is 0 Å². The van der Waals surface area contributed by atoms with E-state index in [2.05, 4.69) is 46.4 Å². The van der Waals surface area contributed by atoms with Gasteiger partial charge >= 0.3 is 0 Å². The Hall–Kier alpha value is -0.820. The molecule has 0 aliphatic heterocycles. The van der Waals surface area contributed by atoms with E-state index in [0.717, 1.165) is 11.5 Å². The Balaban J connectivity index is 2.35. The van der Waals surface area contributed by atoms with Crippen molar-refractivity contribution in [2.75, 3.05) is 6.61 Å². The predicted molar refractivity (Wildman–Crippen MR) is 91.1 cm³/mol. The van der Waals surface area contributed by atoms with E-state index in [-0.39, 0.29) is 12.0 Å². The maximum atomic E-state index is 9.03. The lowest BCUT2D eigenvalue weighted by Crippen LogP contribution is -2.46. The van der Waals surface area contributed by atoms with Gasteiger partial charge in [-0.25, -0.2) is 0 Å². The first-order valence-corrected chi connectivity index (χ1v) is 8.49. The van der Waals surface area contributed by atoms with Gasteiger partial charge in [0.2, 0.25) is 0 Å². The summed E-state index contributed by atoms with van der Waals surface area (Å²) in [5.74, 6) is 1.44. The molecule has 0 amide bonds. The molecule has 0 radical (unpaired) electrons. The largest absolute Gasteiger partial charge is 0.392 e. The second kappa shape index (κ2) is 6.12. The predicted octanol–water partition coefficient (Wildman–Crippen LogP) is 5.28. The Kier molecular flexibility index (Phi) is 4.82. The van der Waals surface area contributed by atoms with Crippen LogP contribution in [0.1, 0.15) is 59.8 Å². The Bertz CT molecular complexity index is 458. The van der Waals surface area contributed by atoms with Crippen molar-refractivity contribution in [2.45, 2.75) is 59.8 Å². The van der Waals surface area contributed by atoms with Crippen LogP contribution in [0.25, 0.3) is 0 Å². The molecule has 0 heterocycles. The van der Waals surface area contributed by atoms with Crippen molar-refractivity contribution in [3.05, 3.63) is 36.0 Å². The average Bonchev–Trinajstić information content (AvgIpc) is 2.88. The van der Waals surface area contributed by atoms with Crippen LogP contribution in [0.15, 0.2) is 36.0 Å². The third-order valence-electron chi connectivity index (χ3n) is 6.59. The molecular weight excluding hydrogens is 256 g/mol. The van der Waals surface area contributed by atoms with Gasteiger partial charge < -0.3 is 5.11 Å². The van der Waals surface area contributed by atoms with E-state index in [0.29, 0.717) is 11.3 Å². The maximum Gasteiger partial charge on any atom is 0.0617 e. The number of aliphatic hydroxyl groups is 1.